The van der Waals surface area contributed by atoms with Gasteiger partial charge in [0.25, 0.3) is 0 Å². The van der Waals surface area contributed by atoms with Gasteiger partial charge in [0.05, 0.1) is 9.75 Å². The highest BCUT2D eigenvalue weighted by molar-refractivity contribution is 7.12. The molecule has 0 saturated carbocycles. The van der Waals surface area contributed by atoms with Gasteiger partial charge in [-0.05, 0) is 54.6 Å². The SMILES string of the molecule is CN1C2CCC(C)(C)C1CC(OC(=O)C(O)(c1cccs1)c1cccs1)C2.Cl. The molecule has 0 radical (unpaired) electrons. The summed E-state index contributed by atoms with van der Waals surface area (Å²) in [6.45, 7) is 4.62. The molecule has 2 fully saturated rings. The molecule has 0 aromatic carbocycles. The molecule has 0 aliphatic carbocycles. The number of esters is 1. The van der Waals surface area contributed by atoms with Gasteiger partial charge in [0, 0.05) is 18.5 Å². The molecule has 3 atom stereocenters. The molecule has 154 valence electrons. The van der Waals surface area contributed by atoms with Crippen LogP contribution in [-0.4, -0.2) is 41.2 Å². The maximum Gasteiger partial charge on any atom is 0.349 e. The number of hydrogen-bond acceptors (Lipinski definition) is 6. The molecule has 2 aliphatic heterocycles. The lowest BCUT2D eigenvalue weighted by Gasteiger charge is -2.54. The zero-order valence-electron chi connectivity index (χ0n) is 16.5. The van der Waals surface area contributed by atoms with Crippen LogP contribution < -0.4 is 0 Å². The fraction of sp³-hybridized carbons (Fsp3) is 0.571. The van der Waals surface area contributed by atoms with E-state index >= 15 is 0 Å². The van der Waals surface area contributed by atoms with Crippen molar-refractivity contribution >= 4 is 41.0 Å². The molecule has 4 rings (SSSR count). The summed E-state index contributed by atoms with van der Waals surface area (Å²) in [5, 5.41) is 15.2. The molecule has 1 N–H and O–H groups in total. The van der Waals surface area contributed by atoms with Crippen LogP contribution in [0.5, 0.6) is 0 Å². The van der Waals surface area contributed by atoms with Crippen LogP contribution in [0.3, 0.4) is 0 Å². The van der Waals surface area contributed by atoms with Crippen molar-refractivity contribution in [2.75, 3.05) is 7.05 Å². The number of ether oxygens (including phenoxy) is 1. The number of rotatable bonds is 4. The van der Waals surface area contributed by atoms with E-state index in [0.717, 1.165) is 19.3 Å². The molecular weight excluding hydrogens is 414 g/mol. The number of piperidine rings is 2. The molecular formula is C21H28ClNO3S2. The summed E-state index contributed by atoms with van der Waals surface area (Å²) in [5.41, 5.74) is -1.50. The van der Waals surface area contributed by atoms with Gasteiger partial charge < -0.3 is 9.84 Å². The zero-order valence-corrected chi connectivity index (χ0v) is 18.9. The van der Waals surface area contributed by atoms with E-state index in [1.165, 1.54) is 29.1 Å². The number of hydrogen-bond donors (Lipinski definition) is 1. The highest BCUT2D eigenvalue weighted by atomic mass is 35.5. The Morgan fingerprint density at radius 2 is 1.82 bits per heavy atom. The van der Waals surface area contributed by atoms with Crippen LogP contribution >= 0.6 is 35.1 Å². The molecule has 2 aliphatic rings. The van der Waals surface area contributed by atoms with Gasteiger partial charge >= 0.3 is 5.97 Å². The maximum absolute atomic E-state index is 13.2. The topological polar surface area (TPSA) is 49.8 Å². The maximum atomic E-state index is 13.2. The summed E-state index contributed by atoms with van der Waals surface area (Å²) in [4.78, 5) is 16.9. The summed E-state index contributed by atoms with van der Waals surface area (Å²) in [6.07, 6.45) is 3.88. The molecule has 2 aromatic heterocycles. The zero-order chi connectivity index (χ0) is 19.2. The van der Waals surface area contributed by atoms with Crippen molar-refractivity contribution in [3.8, 4) is 0 Å². The van der Waals surface area contributed by atoms with E-state index in [-0.39, 0.29) is 23.9 Å². The number of halogens is 1. The van der Waals surface area contributed by atoms with Gasteiger partial charge in [-0.3, -0.25) is 4.90 Å². The molecule has 0 spiro atoms. The Hall–Kier alpha value is -0.920. The van der Waals surface area contributed by atoms with Gasteiger partial charge in [-0.1, -0.05) is 26.0 Å². The molecule has 7 heteroatoms. The molecule has 2 saturated heterocycles. The van der Waals surface area contributed by atoms with Crippen molar-refractivity contribution in [1.29, 1.82) is 0 Å². The van der Waals surface area contributed by atoms with Gasteiger partial charge in [-0.2, -0.15) is 0 Å². The first-order chi connectivity index (χ1) is 12.8. The predicted octanol–water partition coefficient (Wildman–Crippen LogP) is 4.66. The highest BCUT2D eigenvalue weighted by Gasteiger charge is 2.49. The average molecular weight is 442 g/mol. The van der Waals surface area contributed by atoms with E-state index < -0.39 is 11.6 Å². The Morgan fingerprint density at radius 3 is 2.36 bits per heavy atom. The lowest BCUT2D eigenvalue weighted by atomic mass is 9.68. The van der Waals surface area contributed by atoms with Gasteiger partial charge in [-0.25, -0.2) is 4.79 Å². The number of nitrogens with zero attached hydrogens (tertiary/aromatic N) is 1. The largest absolute Gasteiger partial charge is 0.460 e. The first-order valence-electron chi connectivity index (χ1n) is 9.55. The van der Waals surface area contributed by atoms with Gasteiger partial charge in [0.1, 0.15) is 6.10 Å². The third kappa shape index (κ3) is 3.65. The molecule has 0 amide bonds. The number of aliphatic hydroxyl groups is 1. The van der Waals surface area contributed by atoms with Crippen LogP contribution in [0.4, 0.5) is 0 Å². The van der Waals surface area contributed by atoms with Crippen molar-refractivity contribution < 1.29 is 14.6 Å². The second-order valence-electron chi connectivity index (χ2n) is 8.53. The van der Waals surface area contributed by atoms with Gasteiger partial charge in [0.15, 0.2) is 0 Å². The van der Waals surface area contributed by atoms with Crippen LogP contribution in [0.15, 0.2) is 35.0 Å². The summed E-state index contributed by atoms with van der Waals surface area (Å²) < 4.78 is 5.98. The van der Waals surface area contributed by atoms with E-state index in [0.29, 0.717) is 21.8 Å². The van der Waals surface area contributed by atoms with Crippen molar-refractivity contribution in [3.05, 3.63) is 44.8 Å². The molecule has 4 heterocycles. The second kappa shape index (κ2) is 8.07. The smallest absolute Gasteiger partial charge is 0.349 e. The van der Waals surface area contributed by atoms with Crippen LogP contribution in [0.25, 0.3) is 0 Å². The summed E-state index contributed by atoms with van der Waals surface area (Å²) in [7, 11) is 2.20. The number of thiophene rings is 2. The van der Waals surface area contributed by atoms with Crippen LogP contribution in [-0.2, 0) is 15.1 Å². The minimum atomic E-state index is -1.71. The molecule has 2 bridgehead atoms. The van der Waals surface area contributed by atoms with Crippen molar-refractivity contribution in [2.24, 2.45) is 5.41 Å². The highest BCUT2D eigenvalue weighted by Crippen LogP contribution is 2.45. The van der Waals surface area contributed by atoms with Gasteiger partial charge in [0.2, 0.25) is 5.60 Å². The van der Waals surface area contributed by atoms with Crippen molar-refractivity contribution in [2.45, 2.75) is 63.3 Å². The Morgan fingerprint density at radius 1 is 1.21 bits per heavy atom. The van der Waals surface area contributed by atoms with E-state index in [4.69, 9.17) is 4.74 Å². The standard InChI is InChI=1S/C21H27NO3S2.ClH/c1-20(2)9-8-14-12-15(13-16(20)22(14)3)25-19(23)21(24,17-6-4-10-26-17)18-7-5-11-27-18;/h4-7,10-11,14-16,24H,8-9,12-13H2,1-3H3;1H. The Labute approximate surface area is 180 Å². The fourth-order valence-electron chi connectivity index (χ4n) is 4.76. The minimum Gasteiger partial charge on any atom is -0.460 e. The van der Waals surface area contributed by atoms with Crippen molar-refractivity contribution in [3.63, 3.8) is 0 Å². The first-order valence-corrected chi connectivity index (χ1v) is 11.3. The average Bonchev–Trinajstić information content (AvgIpc) is 3.33. The molecule has 28 heavy (non-hydrogen) atoms. The Balaban J connectivity index is 0.00000225. The number of carbonyl (C=O) groups excluding carboxylic acids is 1. The third-order valence-corrected chi connectivity index (χ3v) is 8.39. The summed E-state index contributed by atoms with van der Waals surface area (Å²) in [6, 6.07) is 8.17. The second-order valence-corrected chi connectivity index (χ2v) is 10.4. The van der Waals surface area contributed by atoms with E-state index in [9.17, 15) is 9.90 Å². The first kappa shape index (κ1) is 21.8. The molecule has 3 unspecified atom stereocenters. The predicted molar refractivity (Wildman–Crippen MR) is 116 cm³/mol. The monoisotopic (exact) mass is 441 g/mol. The van der Waals surface area contributed by atoms with Gasteiger partial charge in [-0.15, -0.1) is 35.1 Å². The molecule has 4 nitrogen and oxygen atoms in total. The fourth-order valence-corrected chi connectivity index (χ4v) is 6.47. The minimum absolute atomic E-state index is 0. The quantitative estimate of drug-likeness (QED) is 0.701. The normalized spacial score (nSPS) is 27.1. The lowest BCUT2D eigenvalue weighted by molar-refractivity contribution is -0.175. The van der Waals surface area contributed by atoms with E-state index in [2.05, 4.69) is 25.8 Å². The molecule has 2 aromatic rings. The Bertz CT molecular complexity index is 756. The number of fused-ring (bicyclic) bond motifs is 2. The van der Waals surface area contributed by atoms with Crippen molar-refractivity contribution in [1.82, 2.24) is 4.90 Å². The summed E-state index contributed by atoms with van der Waals surface area (Å²) in [5.74, 6) is -0.544. The van der Waals surface area contributed by atoms with Crippen LogP contribution in [0, 0.1) is 5.41 Å². The summed E-state index contributed by atoms with van der Waals surface area (Å²) >= 11 is 2.77. The third-order valence-electron chi connectivity index (χ3n) is 6.44. The lowest BCUT2D eigenvalue weighted by Crippen LogP contribution is -2.59. The number of carbonyl (C=O) groups is 1. The van der Waals surface area contributed by atoms with Crippen LogP contribution in [0.1, 0.15) is 49.3 Å². The van der Waals surface area contributed by atoms with E-state index in [1.807, 2.05) is 22.9 Å². The Kier molecular flexibility index (Phi) is 6.28. The van der Waals surface area contributed by atoms with E-state index in [1.54, 1.807) is 12.1 Å². The van der Waals surface area contributed by atoms with Crippen LogP contribution in [0.2, 0.25) is 0 Å².